The molecular weight excluding hydrogens is 500 g/mol. The van der Waals surface area contributed by atoms with E-state index in [0.29, 0.717) is 22.9 Å². The molecule has 0 radical (unpaired) electrons. The number of hydrogen-bond acceptors (Lipinski definition) is 9. The monoisotopic (exact) mass is 518 g/mol. The summed E-state index contributed by atoms with van der Waals surface area (Å²) >= 11 is 2.29. The predicted molar refractivity (Wildman–Crippen MR) is 114 cm³/mol. The van der Waals surface area contributed by atoms with Crippen molar-refractivity contribution in [2.24, 2.45) is 0 Å². The lowest BCUT2D eigenvalue weighted by molar-refractivity contribution is -0.274. The molecule has 0 aliphatic carbocycles. The van der Waals surface area contributed by atoms with Crippen molar-refractivity contribution in [1.82, 2.24) is 31.0 Å². The van der Waals surface area contributed by atoms with Crippen LogP contribution < -0.4 is 15.4 Å². The van der Waals surface area contributed by atoms with Gasteiger partial charge >= 0.3 is 6.36 Å². The maximum Gasteiger partial charge on any atom is 0.573 e. The van der Waals surface area contributed by atoms with Crippen molar-refractivity contribution in [3.8, 4) is 5.75 Å². The topological polar surface area (TPSA) is 119 Å². The van der Waals surface area contributed by atoms with E-state index in [9.17, 15) is 27.2 Å². The van der Waals surface area contributed by atoms with Crippen molar-refractivity contribution < 1.29 is 31.9 Å². The summed E-state index contributed by atoms with van der Waals surface area (Å²) in [5.41, 5.74) is -0.170. The molecular formula is C19H18F4N6O3S2. The minimum Gasteiger partial charge on any atom is -0.406 e. The van der Waals surface area contributed by atoms with Crippen LogP contribution in [0, 0.1) is 5.82 Å². The van der Waals surface area contributed by atoms with E-state index in [1.807, 2.05) is 0 Å². The molecule has 182 valence electrons. The molecule has 0 bridgehead atoms. The number of unbranched alkanes of at least 4 members (excludes halogenated alkanes) is 1. The quantitative estimate of drug-likeness (QED) is 0.312. The molecule has 0 atom stereocenters. The first kappa shape index (κ1) is 25.4. The molecule has 3 rings (SSSR count). The van der Waals surface area contributed by atoms with Gasteiger partial charge in [-0.3, -0.25) is 9.59 Å². The largest absolute Gasteiger partial charge is 0.573 e. The zero-order chi connectivity index (χ0) is 24.7. The van der Waals surface area contributed by atoms with Crippen molar-refractivity contribution in [2.75, 3.05) is 7.05 Å². The number of halogens is 4. The second kappa shape index (κ2) is 11.3. The van der Waals surface area contributed by atoms with Gasteiger partial charge in [0.15, 0.2) is 0 Å². The van der Waals surface area contributed by atoms with Crippen LogP contribution >= 0.6 is 22.7 Å². The molecule has 2 heterocycles. The van der Waals surface area contributed by atoms with Gasteiger partial charge in [0.2, 0.25) is 10.0 Å². The smallest absolute Gasteiger partial charge is 0.406 e. The number of nitrogens with one attached hydrogen (secondary N) is 2. The van der Waals surface area contributed by atoms with Gasteiger partial charge in [0.05, 0.1) is 0 Å². The number of hydrogen-bond donors (Lipinski definition) is 2. The molecule has 0 saturated carbocycles. The van der Waals surface area contributed by atoms with Gasteiger partial charge in [0.25, 0.3) is 11.8 Å². The van der Waals surface area contributed by atoms with Gasteiger partial charge in [0, 0.05) is 32.0 Å². The van der Waals surface area contributed by atoms with E-state index in [4.69, 9.17) is 0 Å². The first-order valence-electron chi connectivity index (χ1n) is 9.84. The lowest BCUT2D eigenvalue weighted by Gasteiger charge is -2.11. The Bertz CT molecular complexity index is 1150. The van der Waals surface area contributed by atoms with E-state index in [2.05, 4.69) is 35.8 Å². The van der Waals surface area contributed by atoms with E-state index in [-0.39, 0.29) is 23.0 Å². The molecule has 0 spiro atoms. The average Bonchev–Trinajstić information content (AvgIpc) is 3.45. The highest BCUT2D eigenvalue weighted by Gasteiger charge is 2.31. The summed E-state index contributed by atoms with van der Waals surface area (Å²) in [6.45, 7) is -0.353. The van der Waals surface area contributed by atoms with E-state index in [1.54, 1.807) is 0 Å². The molecule has 0 saturated heterocycles. The van der Waals surface area contributed by atoms with E-state index >= 15 is 0 Å². The van der Waals surface area contributed by atoms with Gasteiger partial charge in [0.1, 0.15) is 21.6 Å². The van der Waals surface area contributed by atoms with Gasteiger partial charge in [-0.05, 0) is 31.0 Å². The van der Waals surface area contributed by atoms with Crippen LogP contribution in [-0.2, 0) is 19.4 Å². The number of ether oxygens (including phenoxy) is 1. The lowest BCUT2D eigenvalue weighted by atomic mass is 10.2. The van der Waals surface area contributed by atoms with Gasteiger partial charge in [-0.1, -0.05) is 22.7 Å². The van der Waals surface area contributed by atoms with Crippen LogP contribution in [0.25, 0.3) is 0 Å². The van der Waals surface area contributed by atoms with Gasteiger partial charge in [-0.25, -0.2) is 4.39 Å². The molecule has 2 aromatic heterocycles. The second-order valence-corrected chi connectivity index (χ2v) is 8.90. The van der Waals surface area contributed by atoms with Crippen LogP contribution in [0.4, 0.5) is 17.6 Å². The summed E-state index contributed by atoms with van der Waals surface area (Å²) in [5, 5.41) is 22.2. The second-order valence-electron chi connectivity index (χ2n) is 6.77. The normalized spacial score (nSPS) is 11.3. The highest BCUT2D eigenvalue weighted by molar-refractivity contribution is 7.13. The molecule has 0 fully saturated rings. The summed E-state index contributed by atoms with van der Waals surface area (Å²) in [7, 11) is 1.52. The predicted octanol–water partition coefficient (Wildman–Crippen LogP) is 3.28. The van der Waals surface area contributed by atoms with Crippen molar-refractivity contribution >= 4 is 34.5 Å². The Labute approximate surface area is 198 Å². The number of rotatable bonds is 10. The van der Waals surface area contributed by atoms with E-state index in [0.717, 1.165) is 47.4 Å². The number of aromatic nitrogens is 4. The van der Waals surface area contributed by atoms with Crippen molar-refractivity contribution in [3.05, 3.63) is 49.6 Å². The van der Waals surface area contributed by atoms with Crippen LogP contribution in [0.5, 0.6) is 5.75 Å². The minimum absolute atomic E-state index is 0.0532. The number of alkyl halides is 3. The SMILES string of the molecule is CNC(=O)c1nnc(CCCCc2nnc(C(=O)NCc3cc(OC(F)(F)F)ccc3F)s2)s1. The van der Waals surface area contributed by atoms with E-state index in [1.165, 1.54) is 18.4 Å². The van der Waals surface area contributed by atoms with Gasteiger partial charge in [-0.15, -0.1) is 33.6 Å². The Morgan fingerprint density at radius 1 is 0.971 bits per heavy atom. The Balaban J connectivity index is 1.46. The Morgan fingerprint density at radius 3 is 2.12 bits per heavy atom. The molecule has 34 heavy (non-hydrogen) atoms. The summed E-state index contributed by atoms with van der Waals surface area (Å²) in [6, 6.07) is 2.54. The maximum absolute atomic E-state index is 13.9. The Morgan fingerprint density at radius 2 is 1.56 bits per heavy atom. The summed E-state index contributed by atoms with van der Waals surface area (Å²) in [4.78, 5) is 23.8. The number of amides is 2. The Hall–Kier alpha value is -3.20. The molecule has 1 aromatic carbocycles. The zero-order valence-electron chi connectivity index (χ0n) is 17.6. The molecule has 2 N–H and O–H groups in total. The number of benzene rings is 1. The highest BCUT2D eigenvalue weighted by atomic mass is 32.1. The minimum atomic E-state index is -4.91. The van der Waals surface area contributed by atoms with Crippen LogP contribution in [0.2, 0.25) is 0 Å². The third-order valence-electron chi connectivity index (χ3n) is 4.27. The molecule has 0 aliphatic rings. The zero-order valence-corrected chi connectivity index (χ0v) is 19.2. The standard InChI is InChI=1S/C19H18F4N6O3S2/c1-24-15(30)17-28-26-13(33-17)4-2-3-5-14-27-29-18(34-14)16(31)25-9-10-8-11(6-7-12(10)20)32-19(21,22)23/h6-8H,2-5,9H2,1H3,(H,24,30)(H,25,31). The van der Waals surface area contributed by atoms with Crippen LogP contribution in [0.3, 0.4) is 0 Å². The fraction of sp³-hybridized carbons (Fsp3) is 0.368. The summed E-state index contributed by atoms with van der Waals surface area (Å²) in [5.74, 6) is -2.28. The molecule has 3 aromatic rings. The maximum atomic E-state index is 13.9. The number of carbonyl (C=O) groups is 2. The van der Waals surface area contributed by atoms with Crippen molar-refractivity contribution in [2.45, 2.75) is 38.6 Å². The first-order chi connectivity index (χ1) is 16.1. The number of carbonyl (C=O) groups excluding carboxylic acids is 2. The van der Waals surface area contributed by atoms with Gasteiger partial charge < -0.3 is 15.4 Å². The molecule has 0 aliphatic heterocycles. The lowest BCUT2D eigenvalue weighted by Crippen LogP contribution is -2.23. The number of nitrogens with zero attached hydrogens (tertiary/aromatic N) is 4. The third kappa shape index (κ3) is 7.41. The molecule has 15 heteroatoms. The van der Waals surface area contributed by atoms with Gasteiger partial charge in [-0.2, -0.15) is 0 Å². The van der Waals surface area contributed by atoms with Crippen molar-refractivity contribution in [3.63, 3.8) is 0 Å². The van der Waals surface area contributed by atoms with Crippen LogP contribution in [0.15, 0.2) is 18.2 Å². The number of aryl methyl sites for hydroxylation is 2. The molecule has 9 nitrogen and oxygen atoms in total. The molecule has 0 unspecified atom stereocenters. The first-order valence-corrected chi connectivity index (χ1v) is 11.5. The van der Waals surface area contributed by atoms with Crippen molar-refractivity contribution in [1.29, 1.82) is 0 Å². The van der Waals surface area contributed by atoms with E-state index < -0.39 is 23.8 Å². The van der Waals surface area contributed by atoms with Crippen LogP contribution in [0.1, 0.15) is 48.0 Å². The summed E-state index contributed by atoms with van der Waals surface area (Å²) < 4.78 is 54.6. The fourth-order valence-corrected chi connectivity index (χ4v) is 4.31. The van der Waals surface area contributed by atoms with Crippen LogP contribution in [-0.4, -0.2) is 45.6 Å². The Kier molecular flexibility index (Phi) is 8.44. The fourth-order valence-electron chi connectivity index (χ4n) is 2.69. The highest BCUT2D eigenvalue weighted by Crippen LogP contribution is 2.25. The average molecular weight is 519 g/mol. The third-order valence-corrected chi connectivity index (χ3v) is 6.23. The molecule has 2 amide bonds. The summed E-state index contributed by atoms with van der Waals surface area (Å²) in [6.07, 6.45) is -2.20.